The highest BCUT2D eigenvalue weighted by molar-refractivity contribution is 7.40. The van der Waals surface area contributed by atoms with Crippen molar-refractivity contribution in [1.29, 1.82) is 0 Å². The van der Waals surface area contributed by atoms with E-state index in [0.717, 1.165) is 5.56 Å². The van der Waals surface area contributed by atoms with E-state index in [0.29, 0.717) is 13.0 Å². The largest absolute Gasteiger partial charge is 0.481 e. The van der Waals surface area contributed by atoms with E-state index >= 15 is 0 Å². The zero-order chi connectivity index (χ0) is 15.1. The number of rotatable bonds is 8. The SMILES string of the molecule is CCO[PH](=O)C(CC)C(c1ccccc1)C(C)C(=O)O. The molecule has 5 heteroatoms. The lowest BCUT2D eigenvalue weighted by atomic mass is 9.83. The molecule has 0 heterocycles. The Morgan fingerprint density at radius 1 is 1.30 bits per heavy atom. The van der Waals surface area contributed by atoms with Crippen LogP contribution in [0, 0.1) is 5.92 Å². The molecule has 4 atom stereocenters. The first-order chi connectivity index (χ1) is 9.52. The molecule has 0 fully saturated rings. The highest BCUT2D eigenvalue weighted by atomic mass is 31.1. The van der Waals surface area contributed by atoms with Crippen molar-refractivity contribution in [2.24, 2.45) is 5.92 Å². The predicted molar refractivity (Wildman–Crippen MR) is 80.7 cm³/mol. The summed E-state index contributed by atoms with van der Waals surface area (Å²) >= 11 is 0. The molecule has 0 saturated heterocycles. The summed E-state index contributed by atoms with van der Waals surface area (Å²) in [4.78, 5) is 11.4. The molecule has 20 heavy (non-hydrogen) atoms. The van der Waals surface area contributed by atoms with Gasteiger partial charge in [-0.3, -0.25) is 9.36 Å². The number of benzene rings is 1. The van der Waals surface area contributed by atoms with E-state index < -0.39 is 19.9 Å². The second-order valence-electron chi connectivity index (χ2n) is 4.83. The predicted octanol–water partition coefficient (Wildman–Crippen LogP) is 3.78. The zero-order valence-corrected chi connectivity index (χ0v) is 13.2. The van der Waals surface area contributed by atoms with Gasteiger partial charge in [0.15, 0.2) is 8.03 Å². The summed E-state index contributed by atoms with van der Waals surface area (Å²) in [6.45, 7) is 5.78. The van der Waals surface area contributed by atoms with Crippen molar-refractivity contribution >= 4 is 14.0 Å². The second-order valence-corrected chi connectivity index (χ2v) is 6.50. The summed E-state index contributed by atoms with van der Waals surface area (Å²) in [5.41, 5.74) is 0.653. The summed E-state index contributed by atoms with van der Waals surface area (Å²) in [7, 11) is -2.27. The van der Waals surface area contributed by atoms with Crippen LogP contribution in [-0.2, 0) is 13.9 Å². The van der Waals surface area contributed by atoms with Crippen LogP contribution in [-0.4, -0.2) is 23.3 Å². The fourth-order valence-corrected chi connectivity index (χ4v) is 4.12. The monoisotopic (exact) mass is 298 g/mol. The number of carboxylic acid groups (broad SMARTS) is 1. The van der Waals surface area contributed by atoms with Crippen LogP contribution >= 0.6 is 8.03 Å². The standard InChI is InChI=1S/C15H23O4P/c1-4-13(20(18)19-5-2)14(11(3)15(16)17)12-9-7-6-8-10-12/h6-11,13-14,20H,4-5H2,1-3H3,(H,16,17). The molecule has 4 nitrogen and oxygen atoms in total. The second kappa shape index (κ2) is 8.23. The maximum absolute atomic E-state index is 12.3. The van der Waals surface area contributed by atoms with E-state index in [-0.39, 0.29) is 11.6 Å². The van der Waals surface area contributed by atoms with Crippen LogP contribution in [0.3, 0.4) is 0 Å². The van der Waals surface area contributed by atoms with Crippen LogP contribution in [0.2, 0.25) is 0 Å². The van der Waals surface area contributed by atoms with Crippen LogP contribution in [0.4, 0.5) is 0 Å². The van der Waals surface area contributed by atoms with Crippen molar-refractivity contribution in [3.05, 3.63) is 35.9 Å². The highest BCUT2D eigenvalue weighted by Crippen LogP contribution is 2.44. The lowest BCUT2D eigenvalue weighted by molar-refractivity contribution is -0.141. The van der Waals surface area contributed by atoms with Gasteiger partial charge in [0.2, 0.25) is 0 Å². The third-order valence-corrected chi connectivity index (χ3v) is 5.52. The molecule has 1 aromatic carbocycles. The first-order valence-electron chi connectivity index (χ1n) is 6.97. The third-order valence-electron chi connectivity index (χ3n) is 3.58. The molecule has 0 aromatic heterocycles. The van der Waals surface area contributed by atoms with Gasteiger partial charge in [-0.2, -0.15) is 0 Å². The van der Waals surface area contributed by atoms with Gasteiger partial charge in [-0.15, -0.1) is 0 Å². The Morgan fingerprint density at radius 2 is 1.90 bits per heavy atom. The van der Waals surface area contributed by atoms with Gasteiger partial charge in [0.25, 0.3) is 0 Å². The molecule has 1 N–H and O–H groups in total. The fraction of sp³-hybridized carbons (Fsp3) is 0.533. The molecule has 0 aliphatic rings. The number of aliphatic carboxylic acids is 1. The normalized spacial score (nSPS) is 17.1. The molecule has 0 aliphatic carbocycles. The van der Waals surface area contributed by atoms with Gasteiger partial charge in [-0.1, -0.05) is 44.2 Å². The minimum Gasteiger partial charge on any atom is -0.481 e. The maximum Gasteiger partial charge on any atom is 0.306 e. The highest BCUT2D eigenvalue weighted by Gasteiger charge is 2.35. The Labute approximate surface area is 121 Å². The number of hydrogen-bond acceptors (Lipinski definition) is 3. The van der Waals surface area contributed by atoms with Crippen molar-refractivity contribution in [3.8, 4) is 0 Å². The molecule has 1 aromatic rings. The number of carbonyl (C=O) groups is 1. The Kier molecular flexibility index (Phi) is 6.97. The van der Waals surface area contributed by atoms with Crippen LogP contribution in [0.15, 0.2) is 30.3 Å². The lowest BCUT2D eigenvalue weighted by Crippen LogP contribution is -2.27. The molecule has 112 valence electrons. The summed E-state index contributed by atoms with van der Waals surface area (Å²) in [6.07, 6.45) is 0.634. The van der Waals surface area contributed by atoms with Crippen molar-refractivity contribution < 1.29 is 19.0 Å². The Morgan fingerprint density at radius 3 is 2.35 bits per heavy atom. The summed E-state index contributed by atoms with van der Waals surface area (Å²) in [5, 5.41) is 9.34. The van der Waals surface area contributed by atoms with Crippen LogP contribution in [0.5, 0.6) is 0 Å². The van der Waals surface area contributed by atoms with E-state index in [1.165, 1.54) is 0 Å². The lowest BCUT2D eigenvalue weighted by Gasteiger charge is -2.29. The molecular weight excluding hydrogens is 275 g/mol. The maximum atomic E-state index is 12.3. The summed E-state index contributed by atoms with van der Waals surface area (Å²) < 4.78 is 17.6. The van der Waals surface area contributed by atoms with Crippen LogP contribution in [0.1, 0.15) is 38.7 Å². The van der Waals surface area contributed by atoms with Crippen LogP contribution in [0.25, 0.3) is 0 Å². The minimum absolute atomic E-state index is 0.256. The van der Waals surface area contributed by atoms with Crippen molar-refractivity contribution in [1.82, 2.24) is 0 Å². The first-order valence-corrected chi connectivity index (χ1v) is 8.36. The molecule has 1 rings (SSSR count). The Balaban J connectivity index is 3.15. The molecule has 0 radical (unpaired) electrons. The molecule has 4 unspecified atom stereocenters. The van der Waals surface area contributed by atoms with Gasteiger partial charge < -0.3 is 9.63 Å². The topological polar surface area (TPSA) is 63.6 Å². The Hall–Kier alpha value is -1.12. The minimum atomic E-state index is -2.27. The summed E-state index contributed by atoms with van der Waals surface area (Å²) in [5.74, 6) is -1.77. The average molecular weight is 298 g/mol. The molecule has 0 amide bonds. The molecule has 0 saturated carbocycles. The van der Waals surface area contributed by atoms with Crippen molar-refractivity contribution in [2.75, 3.05) is 6.61 Å². The van der Waals surface area contributed by atoms with E-state index in [1.54, 1.807) is 13.8 Å². The number of carboxylic acids is 1. The van der Waals surface area contributed by atoms with E-state index in [4.69, 9.17) is 4.52 Å². The first kappa shape index (κ1) is 16.9. The van der Waals surface area contributed by atoms with Crippen LogP contribution < -0.4 is 0 Å². The van der Waals surface area contributed by atoms with Gasteiger partial charge in [-0.05, 0) is 18.9 Å². The fourth-order valence-electron chi connectivity index (χ4n) is 2.51. The van der Waals surface area contributed by atoms with Gasteiger partial charge >= 0.3 is 5.97 Å². The van der Waals surface area contributed by atoms with E-state index in [1.807, 2.05) is 37.3 Å². The van der Waals surface area contributed by atoms with E-state index in [2.05, 4.69) is 0 Å². The van der Waals surface area contributed by atoms with Crippen molar-refractivity contribution in [2.45, 2.75) is 38.8 Å². The van der Waals surface area contributed by atoms with Gasteiger partial charge in [0.05, 0.1) is 12.5 Å². The quantitative estimate of drug-likeness (QED) is 0.742. The smallest absolute Gasteiger partial charge is 0.306 e. The summed E-state index contributed by atoms with van der Waals surface area (Å²) in [6, 6.07) is 9.43. The van der Waals surface area contributed by atoms with E-state index in [9.17, 15) is 14.5 Å². The van der Waals surface area contributed by atoms with Gasteiger partial charge in [-0.25, -0.2) is 0 Å². The van der Waals surface area contributed by atoms with Gasteiger partial charge in [0.1, 0.15) is 0 Å². The Bertz CT molecular complexity index is 446. The average Bonchev–Trinajstić information content (AvgIpc) is 2.44. The number of hydrogen-bond donors (Lipinski definition) is 1. The zero-order valence-electron chi connectivity index (χ0n) is 12.2. The van der Waals surface area contributed by atoms with Gasteiger partial charge in [0, 0.05) is 11.6 Å². The third kappa shape index (κ3) is 4.19. The molecular formula is C15H23O4P. The van der Waals surface area contributed by atoms with Crippen molar-refractivity contribution in [3.63, 3.8) is 0 Å². The molecule has 0 bridgehead atoms. The molecule has 0 spiro atoms. The molecule has 0 aliphatic heterocycles.